The van der Waals surface area contributed by atoms with E-state index in [-0.39, 0.29) is 23.7 Å². The molecule has 0 spiro atoms. The Morgan fingerprint density at radius 1 is 1.31 bits per heavy atom. The average Bonchev–Trinajstić information content (AvgIpc) is 2.41. The molecule has 2 nitrogen and oxygen atoms in total. The van der Waals surface area contributed by atoms with Crippen LogP contribution in [-0.2, 0) is 4.74 Å². The molecule has 1 heterocycles. The molecule has 1 fully saturated rings. The Morgan fingerprint density at radius 2 is 1.88 bits per heavy atom. The smallest absolute Gasteiger partial charge is 0.119 e. The first kappa shape index (κ1) is 13.9. The molecule has 0 bridgehead atoms. The maximum absolute atomic E-state index is 13.9. The number of rotatable bonds is 3. The summed E-state index contributed by atoms with van der Waals surface area (Å²) in [6.45, 7) is 11.2. The van der Waals surface area contributed by atoms with Crippen molar-refractivity contribution in [2.24, 2.45) is 5.41 Å². The molecule has 3 heteroatoms. The van der Waals surface area contributed by atoms with Gasteiger partial charge in [0.05, 0.1) is 18.2 Å². The van der Waals surface area contributed by atoms with Gasteiger partial charge in [-0.15, -0.1) is 0 Å². The number of halogens is 1. The molecule has 1 aliphatic heterocycles. The normalized spacial score (nSPS) is 30.0. The van der Waals surface area contributed by atoms with Crippen LogP contribution in [0.5, 0.6) is 0 Å². The summed E-state index contributed by atoms with van der Waals surface area (Å²) in [5.41, 5.74) is -0.0299. The van der Waals surface area contributed by atoms with E-state index in [1.807, 2.05) is 20.9 Å². The van der Waals surface area contributed by atoms with Crippen molar-refractivity contribution >= 4 is 0 Å². The largest absolute Gasteiger partial charge is 0.373 e. The van der Waals surface area contributed by atoms with Gasteiger partial charge in [0.15, 0.2) is 0 Å². The van der Waals surface area contributed by atoms with Crippen molar-refractivity contribution < 1.29 is 9.13 Å². The lowest BCUT2D eigenvalue weighted by Gasteiger charge is -2.40. The average molecular weight is 231 g/mol. The highest BCUT2D eigenvalue weighted by molar-refractivity contribution is 4.96. The molecule has 96 valence electrons. The summed E-state index contributed by atoms with van der Waals surface area (Å²) in [4.78, 5) is 2.10. The lowest BCUT2D eigenvalue weighted by atomic mass is 9.83. The Balaban J connectivity index is 2.83. The van der Waals surface area contributed by atoms with Crippen molar-refractivity contribution in [2.75, 3.05) is 13.6 Å². The second kappa shape index (κ2) is 5.01. The minimum absolute atomic E-state index is 0.0299. The predicted octanol–water partition coefficient (Wildman–Crippen LogP) is 2.87. The molecule has 0 aromatic carbocycles. The first-order valence-electron chi connectivity index (χ1n) is 6.23. The number of nitrogens with zero attached hydrogens (tertiary/aromatic N) is 1. The van der Waals surface area contributed by atoms with Gasteiger partial charge in [-0.3, -0.25) is 4.90 Å². The van der Waals surface area contributed by atoms with E-state index in [2.05, 4.69) is 25.7 Å². The van der Waals surface area contributed by atoms with Crippen molar-refractivity contribution in [1.29, 1.82) is 0 Å². The molecule has 16 heavy (non-hydrogen) atoms. The van der Waals surface area contributed by atoms with E-state index < -0.39 is 6.17 Å². The monoisotopic (exact) mass is 231 g/mol. The molecule has 0 radical (unpaired) electrons. The van der Waals surface area contributed by atoms with Gasteiger partial charge in [0.25, 0.3) is 0 Å². The van der Waals surface area contributed by atoms with Gasteiger partial charge in [0.1, 0.15) is 6.17 Å². The molecule has 1 unspecified atom stereocenters. The SMILES string of the molecule is CC(C)OC([C@@H]1[C@H](F)CCN1C)C(C)(C)C. The standard InChI is InChI=1S/C13H26FNO/c1-9(2)16-12(13(3,4)5)11-10(14)7-8-15(11)6/h9-12H,7-8H2,1-6H3/t10-,11+,12?/m1/s1. The third kappa shape index (κ3) is 3.17. The van der Waals surface area contributed by atoms with Gasteiger partial charge in [0, 0.05) is 6.54 Å². The first-order chi connectivity index (χ1) is 7.23. The lowest BCUT2D eigenvalue weighted by molar-refractivity contribution is -0.0970. The second-order valence-corrected chi connectivity index (χ2v) is 6.25. The van der Waals surface area contributed by atoms with Gasteiger partial charge >= 0.3 is 0 Å². The summed E-state index contributed by atoms with van der Waals surface area (Å²) in [5, 5.41) is 0. The van der Waals surface area contributed by atoms with Crippen molar-refractivity contribution in [3.05, 3.63) is 0 Å². The molecule has 0 saturated carbocycles. The molecule has 0 amide bonds. The fraction of sp³-hybridized carbons (Fsp3) is 1.00. The molecule has 0 aromatic rings. The van der Waals surface area contributed by atoms with E-state index >= 15 is 0 Å². The fourth-order valence-corrected chi connectivity index (χ4v) is 2.43. The number of alkyl halides is 1. The van der Waals surface area contributed by atoms with Crippen LogP contribution < -0.4 is 0 Å². The van der Waals surface area contributed by atoms with Gasteiger partial charge in [0.2, 0.25) is 0 Å². The Bertz CT molecular complexity index is 214. The number of hydrogen-bond donors (Lipinski definition) is 0. The van der Waals surface area contributed by atoms with Crippen LogP contribution in [0.4, 0.5) is 4.39 Å². The summed E-state index contributed by atoms with van der Waals surface area (Å²) in [7, 11) is 1.99. The van der Waals surface area contributed by atoms with Crippen LogP contribution in [0, 0.1) is 5.41 Å². The summed E-state index contributed by atoms with van der Waals surface area (Å²) >= 11 is 0. The second-order valence-electron chi connectivity index (χ2n) is 6.25. The van der Waals surface area contributed by atoms with Gasteiger partial charge in [-0.2, -0.15) is 0 Å². The van der Waals surface area contributed by atoms with E-state index in [1.165, 1.54) is 0 Å². The molecule has 0 aliphatic carbocycles. The van der Waals surface area contributed by atoms with E-state index in [4.69, 9.17) is 4.74 Å². The highest BCUT2D eigenvalue weighted by Gasteiger charge is 2.44. The van der Waals surface area contributed by atoms with Crippen molar-refractivity contribution in [3.63, 3.8) is 0 Å². The summed E-state index contributed by atoms with van der Waals surface area (Å²) < 4.78 is 19.9. The van der Waals surface area contributed by atoms with Crippen molar-refractivity contribution in [2.45, 2.75) is 65.5 Å². The Morgan fingerprint density at radius 3 is 2.19 bits per heavy atom. The molecule has 1 aliphatic rings. The maximum Gasteiger partial charge on any atom is 0.119 e. The molecule has 0 N–H and O–H groups in total. The maximum atomic E-state index is 13.9. The molecule has 0 aromatic heterocycles. The van der Waals surface area contributed by atoms with Crippen molar-refractivity contribution in [3.8, 4) is 0 Å². The van der Waals surface area contributed by atoms with E-state index in [0.29, 0.717) is 6.42 Å². The molecular formula is C13H26FNO. The van der Waals surface area contributed by atoms with Gasteiger partial charge in [-0.25, -0.2) is 4.39 Å². The molecular weight excluding hydrogens is 205 g/mol. The lowest BCUT2D eigenvalue weighted by Crippen LogP contribution is -2.50. The first-order valence-corrected chi connectivity index (χ1v) is 6.23. The van der Waals surface area contributed by atoms with E-state index in [1.54, 1.807) is 0 Å². The quantitative estimate of drug-likeness (QED) is 0.740. The van der Waals surface area contributed by atoms with Gasteiger partial charge < -0.3 is 4.74 Å². The minimum atomic E-state index is -0.757. The van der Waals surface area contributed by atoms with Gasteiger partial charge in [-0.05, 0) is 32.7 Å². The van der Waals surface area contributed by atoms with Crippen LogP contribution in [0.15, 0.2) is 0 Å². The number of hydrogen-bond acceptors (Lipinski definition) is 2. The van der Waals surface area contributed by atoms with E-state index in [0.717, 1.165) is 6.54 Å². The zero-order valence-corrected chi connectivity index (χ0v) is 11.5. The van der Waals surface area contributed by atoms with E-state index in [9.17, 15) is 4.39 Å². The van der Waals surface area contributed by atoms with Gasteiger partial charge in [-0.1, -0.05) is 20.8 Å². The third-order valence-corrected chi connectivity index (χ3v) is 3.22. The van der Waals surface area contributed by atoms with Crippen LogP contribution in [0.3, 0.4) is 0 Å². The Hall–Kier alpha value is -0.150. The number of likely N-dealkylation sites (tertiary alicyclic amines) is 1. The van der Waals surface area contributed by atoms with Crippen LogP contribution in [-0.4, -0.2) is 42.9 Å². The molecule has 1 rings (SSSR count). The minimum Gasteiger partial charge on any atom is -0.373 e. The van der Waals surface area contributed by atoms with Crippen LogP contribution in [0.2, 0.25) is 0 Å². The topological polar surface area (TPSA) is 12.5 Å². The number of likely N-dealkylation sites (N-methyl/N-ethyl adjacent to an activating group) is 1. The summed E-state index contributed by atoms with van der Waals surface area (Å²) in [6, 6.07) is -0.0950. The zero-order valence-electron chi connectivity index (χ0n) is 11.5. The summed E-state index contributed by atoms with van der Waals surface area (Å²) in [6.07, 6.45) is -0.0248. The highest BCUT2D eigenvalue weighted by Crippen LogP contribution is 2.34. The van der Waals surface area contributed by atoms with Crippen molar-refractivity contribution in [1.82, 2.24) is 4.90 Å². The fourth-order valence-electron chi connectivity index (χ4n) is 2.43. The number of ether oxygens (including phenoxy) is 1. The molecule has 1 saturated heterocycles. The zero-order chi connectivity index (χ0) is 12.5. The third-order valence-electron chi connectivity index (χ3n) is 3.22. The highest BCUT2D eigenvalue weighted by atomic mass is 19.1. The van der Waals surface area contributed by atoms with Crippen LogP contribution in [0.1, 0.15) is 41.0 Å². The Labute approximate surface area is 99.2 Å². The van der Waals surface area contributed by atoms with Crippen LogP contribution >= 0.6 is 0 Å². The molecule has 3 atom stereocenters. The Kier molecular flexibility index (Phi) is 4.35. The summed E-state index contributed by atoms with van der Waals surface area (Å²) in [5.74, 6) is 0. The van der Waals surface area contributed by atoms with Crippen LogP contribution in [0.25, 0.3) is 0 Å². The predicted molar refractivity (Wildman–Crippen MR) is 65.4 cm³/mol.